The fourth-order valence-corrected chi connectivity index (χ4v) is 4.85. The van der Waals surface area contributed by atoms with Crippen molar-refractivity contribution in [2.24, 2.45) is 0 Å². The second kappa shape index (κ2) is 10.3. The Morgan fingerprint density at radius 1 is 0.914 bits per heavy atom. The zero-order valence-corrected chi connectivity index (χ0v) is 21.3. The Kier molecular flexibility index (Phi) is 7.15. The zero-order valence-electron chi connectivity index (χ0n) is 21.3. The third kappa shape index (κ3) is 5.68. The van der Waals surface area contributed by atoms with Crippen LogP contribution < -0.4 is 5.11 Å². The summed E-state index contributed by atoms with van der Waals surface area (Å²) in [5, 5.41) is 13.0. The molecular formula is C30H35N3O2. The van der Waals surface area contributed by atoms with E-state index >= 15 is 0 Å². The number of nitrogens with zero attached hydrogens (tertiary/aromatic N) is 3. The van der Waals surface area contributed by atoms with Gasteiger partial charge >= 0.3 is 5.96 Å². The summed E-state index contributed by atoms with van der Waals surface area (Å²) in [5.74, 6) is 0.588. The molecule has 5 heteroatoms. The van der Waals surface area contributed by atoms with Crippen LogP contribution >= 0.6 is 0 Å². The number of benzene rings is 3. The molecule has 0 saturated carbocycles. The molecule has 1 heterocycles. The molecule has 0 radical (unpaired) electrons. The molecule has 35 heavy (non-hydrogen) atoms. The maximum absolute atomic E-state index is 13.0. The highest BCUT2D eigenvalue weighted by atomic mass is 16.6. The predicted octanol–water partition coefficient (Wildman–Crippen LogP) is 4.89. The van der Waals surface area contributed by atoms with Crippen LogP contribution in [-0.2, 0) is 11.3 Å². The first-order valence-electron chi connectivity index (χ1n) is 12.1. The molecule has 0 N–H and O–H groups in total. The topological polar surface area (TPSA) is 41.8 Å². The van der Waals surface area contributed by atoms with Gasteiger partial charge in [-0.3, -0.25) is 9.48 Å². The van der Waals surface area contributed by atoms with Gasteiger partial charge in [0.1, 0.15) is 12.1 Å². The molecule has 0 spiro atoms. The smallest absolute Gasteiger partial charge is 0.356 e. The fourth-order valence-electron chi connectivity index (χ4n) is 4.85. The van der Waals surface area contributed by atoms with Crippen molar-refractivity contribution < 1.29 is 14.4 Å². The van der Waals surface area contributed by atoms with E-state index in [4.69, 9.17) is 4.74 Å². The molecule has 0 fully saturated rings. The number of ether oxygens (including phenoxy) is 1. The molecule has 2 atom stereocenters. The van der Waals surface area contributed by atoms with E-state index in [1.54, 1.807) is 6.20 Å². The summed E-state index contributed by atoms with van der Waals surface area (Å²) in [6.07, 6.45) is 1.59. The van der Waals surface area contributed by atoms with E-state index in [0.717, 1.165) is 11.5 Å². The van der Waals surface area contributed by atoms with Crippen LogP contribution in [0, 0.1) is 0 Å². The summed E-state index contributed by atoms with van der Waals surface area (Å²) in [5.41, 5.74) is 3.00. The lowest BCUT2D eigenvalue weighted by Gasteiger charge is -2.31. The van der Waals surface area contributed by atoms with E-state index in [2.05, 4.69) is 84.2 Å². The predicted molar refractivity (Wildman–Crippen MR) is 138 cm³/mol. The van der Waals surface area contributed by atoms with E-state index in [9.17, 15) is 5.11 Å². The standard InChI is InChI=1S/C30H35N3O2/c1-30(2,3)35-26(34)22-33(21-23-15-9-6-10-16-23)29-31(4)27(24-17-11-7-12-18-24)28(32(29)5)25-19-13-8-14-20-25/h6-20,22,27-28H,21H2,1-5H3/b26-22+/t27-,28-/m0/s1. The number of rotatable bonds is 6. The van der Waals surface area contributed by atoms with Crippen molar-refractivity contribution in [3.63, 3.8) is 0 Å². The van der Waals surface area contributed by atoms with Gasteiger partial charge in [-0.15, -0.1) is 0 Å². The van der Waals surface area contributed by atoms with Gasteiger partial charge in [-0.25, -0.2) is 4.90 Å². The largest absolute Gasteiger partial charge is 0.606 e. The third-order valence-electron chi connectivity index (χ3n) is 6.17. The molecule has 3 aromatic rings. The van der Waals surface area contributed by atoms with Gasteiger partial charge in [-0.2, -0.15) is 0 Å². The lowest BCUT2D eigenvalue weighted by Crippen LogP contribution is -2.41. The molecule has 0 unspecified atom stereocenters. The van der Waals surface area contributed by atoms with E-state index < -0.39 is 5.60 Å². The van der Waals surface area contributed by atoms with Crippen molar-refractivity contribution >= 4 is 5.96 Å². The number of hydrogen-bond donors (Lipinski definition) is 0. The minimum atomic E-state index is -0.566. The van der Waals surface area contributed by atoms with Crippen LogP contribution in [0.1, 0.15) is 49.5 Å². The van der Waals surface area contributed by atoms with Crippen molar-refractivity contribution in [2.45, 2.75) is 45.0 Å². The van der Waals surface area contributed by atoms with Crippen molar-refractivity contribution in [2.75, 3.05) is 14.1 Å². The van der Waals surface area contributed by atoms with Gasteiger partial charge in [-0.05, 0) is 16.7 Å². The average Bonchev–Trinajstić information content (AvgIpc) is 3.09. The van der Waals surface area contributed by atoms with Gasteiger partial charge in [0.2, 0.25) is 0 Å². The SMILES string of the molecule is CN1C(N(/C=C(\[O-])OC(C)(C)C)Cc2ccccc2)=[N+](C)[C@@H](c2ccccc2)[C@@H]1c1ccccc1. The van der Waals surface area contributed by atoms with Gasteiger partial charge in [0, 0.05) is 5.60 Å². The molecule has 5 nitrogen and oxygen atoms in total. The first-order valence-corrected chi connectivity index (χ1v) is 12.1. The average molecular weight is 470 g/mol. The molecule has 0 aromatic heterocycles. The van der Waals surface area contributed by atoms with Gasteiger partial charge in [-0.1, -0.05) is 112 Å². The molecule has 1 aliphatic heterocycles. The highest BCUT2D eigenvalue weighted by molar-refractivity contribution is 5.78. The minimum Gasteiger partial charge on any atom is -0.606 e. The summed E-state index contributed by atoms with van der Waals surface area (Å²) in [6, 6.07) is 31.5. The maximum Gasteiger partial charge on any atom is 0.356 e. The van der Waals surface area contributed by atoms with Crippen molar-refractivity contribution in [1.82, 2.24) is 9.80 Å². The highest BCUT2D eigenvalue weighted by Crippen LogP contribution is 2.41. The number of guanidine groups is 1. The van der Waals surface area contributed by atoms with E-state index in [-0.39, 0.29) is 18.0 Å². The van der Waals surface area contributed by atoms with Crippen LogP contribution in [-0.4, -0.2) is 40.0 Å². The second-order valence-electron chi connectivity index (χ2n) is 10.0. The summed E-state index contributed by atoms with van der Waals surface area (Å²) < 4.78 is 7.95. The fraction of sp³-hybridized carbons (Fsp3) is 0.300. The second-order valence-corrected chi connectivity index (χ2v) is 10.0. The third-order valence-corrected chi connectivity index (χ3v) is 6.17. The van der Waals surface area contributed by atoms with Crippen LogP contribution in [0.15, 0.2) is 103 Å². The van der Waals surface area contributed by atoms with Crippen LogP contribution in [0.25, 0.3) is 0 Å². The van der Waals surface area contributed by atoms with E-state index in [1.165, 1.54) is 11.1 Å². The Bertz CT molecular complexity index is 1170. The quantitative estimate of drug-likeness (QED) is 0.381. The molecule has 4 rings (SSSR count). The maximum atomic E-state index is 13.0. The van der Waals surface area contributed by atoms with Gasteiger partial charge in [0.05, 0.1) is 32.8 Å². The molecule has 3 aromatic carbocycles. The van der Waals surface area contributed by atoms with Crippen LogP contribution in [0.2, 0.25) is 0 Å². The van der Waals surface area contributed by atoms with Gasteiger partial charge in [0.15, 0.2) is 0 Å². The van der Waals surface area contributed by atoms with Crippen molar-refractivity contribution in [3.05, 3.63) is 120 Å². The minimum absolute atomic E-state index is 0.0731. The monoisotopic (exact) mass is 469 g/mol. The Labute approximate surface area is 209 Å². The Hall–Kier alpha value is -3.73. The molecule has 0 bridgehead atoms. The summed E-state index contributed by atoms with van der Waals surface area (Å²) in [6.45, 7) is 6.21. The van der Waals surface area contributed by atoms with Crippen molar-refractivity contribution in [3.8, 4) is 0 Å². The number of hydrogen-bond acceptors (Lipinski definition) is 4. The van der Waals surface area contributed by atoms with Crippen LogP contribution in [0.3, 0.4) is 0 Å². The summed E-state index contributed by atoms with van der Waals surface area (Å²) in [7, 11) is 4.21. The number of likely N-dealkylation sites (N-methyl/N-ethyl adjacent to an activating group) is 2. The lowest BCUT2D eigenvalue weighted by molar-refractivity contribution is -0.542. The van der Waals surface area contributed by atoms with Gasteiger partial charge in [0.25, 0.3) is 0 Å². The first-order chi connectivity index (χ1) is 16.7. The lowest BCUT2D eigenvalue weighted by atomic mass is 9.93. The van der Waals surface area contributed by atoms with E-state index in [1.807, 2.05) is 56.0 Å². The first kappa shape index (κ1) is 24.4. The molecular weight excluding hydrogens is 434 g/mol. The van der Waals surface area contributed by atoms with E-state index in [0.29, 0.717) is 6.54 Å². The Morgan fingerprint density at radius 2 is 1.43 bits per heavy atom. The zero-order chi connectivity index (χ0) is 25.0. The molecule has 0 aliphatic carbocycles. The normalized spacial score (nSPS) is 18.7. The van der Waals surface area contributed by atoms with Gasteiger partial charge < -0.3 is 9.84 Å². The Morgan fingerprint density at radius 3 is 1.97 bits per heavy atom. The highest BCUT2D eigenvalue weighted by Gasteiger charge is 2.46. The van der Waals surface area contributed by atoms with Crippen molar-refractivity contribution in [1.29, 1.82) is 0 Å². The molecule has 182 valence electrons. The summed E-state index contributed by atoms with van der Waals surface area (Å²) in [4.78, 5) is 4.29. The van der Waals surface area contributed by atoms with Crippen LogP contribution in [0.4, 0.5) is 0 Å². The summed E-state index contributed by atoms with van der Waals surface area (Å²) >= 11 is 0. The Balaban J connectivity index is 1.82. The van der Waals surface area contributed by atoms with Crippen LogP contribution in [0.5, 0.6) is 0 Å². The molecule has 0 amide bonds. The molecule has 0 saturated heterocycles. The molecule has 1 aliphatic rings.